The van der Waals surface area contributed by atoms with Crippen molar-refractivity contribution in [2.24, 2.45) is 0 Å². The third kappa shape index (κ3) is 5.31. The van der Waals surface area contributed by atoms with Crippen LogP contribution in [0.5, 0.6) is 0 Å². The first kappa shape index (κ1) is 11.6. The molecule has 1 rings (SSSR count). The second-order valence-electron chi connectivity index (χ2n) is 4.24. The van der Waals surface area contributed by atoms with Crippen molar-refractivity contribution in [2.75, 3.05) is 7.11 Å². The quantitative estimate of drug-likeness (QED) is 0.602. The van der Waals surface area contributed by atoms with Gasteiger partial charge in [-0.25, -0.2) is 0 Å². The van der Waals surface area contributed by atoms with E-state index in [1.54, 1.807) is 7.11 Å². The average Bonchev–Trinajstić information content (AvgIpc) is 2.19. The van der Waals surface area contributed by atoms with Gasteiger partial charge in [-0.3, -0.25) is 0 Å². The van der Waals surface area contributed by atoms with Gasteiger partial charge < -0.3 is 4.74 Å². The van der Waals surface area contributed by atoms with Crippen LogP contribution in [0.1, 0.15) is 64.2 Å². The lowest BCUT2D eigenvalue weighted by atomic mass is 10.0. The van der Waals surface area contributed by atoms with Crippen molar-refractivity contribution in [3.05, 3.63) is 11.8 Å². The Balaban J connectivity index is 2.29. The van der Waals surface area contributed by atoms with Gasteiger partial charge in [0.05, 0.1) is 12.9 Å². The summed E-state index contributed by atoms with van der Waals surface area (Å²) in [6.07, 6.45) is 15.8. The zero-order chi connectivity index (χ0) is 10.1. The van der Waals surface area contributed by atoms with E-state index < -0.39 is 0 Å². The molecule has 1 aliphatic rings. The summed E-state index contributed by atoms with van der Waals surface area (Å²) in [5.41, 5.74) is 0. The highest BCUT2D eigenvalue weighted by Gasteiger charge is 1.99. The molecule has 0 saturated carbocycles. The van der Waals surface area contributed by atoms with E-state index in [-0.39, 0.29) is 0 Å². The van der Waals surface area contributed by atoms with Gasteiger partial charge >= 0.3 is 0 Å². The largest absolute Gasteiger partial charge is 0.501 e. The van der Waals surface area contributed by atoms with Crippen LogP contribution >= 0.6 is 0 Å². The van der Waals surface area contributed by atoms with Gasteiger partial charge in [-0.15, -0.1) is 0 Å². The number of hydrogen-bond donors (Lipinski definition) is 0. The molecule has 0 aliphatic heterocycles. The molecule has 0 spiro atoms. The molecule has 0 aromatic carbocycles. The Labute approximate surface area is 88.5 Å². The van der Waals surface area contributed by atoms with Crippen molar-refractivity contribution < 1.29 is 4.74 Å². The van der Waals surface area contributed by atoms with Gasteiger partial charge in [0.2, 0.25) is 0 Å². The van der Waals surface area contributed by atoms with Crippen molar-refractivity contribution in [2.45, 2.75) is 64.2 Å². The maximum atomic E-state index is 5.36. The summed E-state index contributed by atoms with van der Waals surface area (Å²) in [7, 11) is 1.80. The lowest BCUT2D eigenvalue weighted by molar-refractivity contribution is 0.271. The van der Waals surface area contributed by atoms with Gasteiger partial charge in [-0.1, -0.05) is 38.5 Å². The minimum absolute atomic E-state index is 1.15. The molecular weight excluding hydrogens is 172 g/mol. The average molecular weight is 196 g/mol. The number of methoxy groups -OCH3 is 1. The minimum atomic E-state index is 1.15. The molecule has 1 aliphatic carbocycles. The molecule has 1 nitrogen and oxygen atoms in total. The first-order valence-corrected chi connectivity index (χ1v) is 6.16. The lowest BCUT2D eigenvalue weighted by Crippen LogP contribution is -1.90. The number of hydrogen-bond acceptors (Lipinski definition) is 1. The Hall–Kier alpha value is -0.460. The first-order chi connectivity index (χ1) is 6.93. The summed E-state index contributed by atoms with van der Waals surface area (Å²) in [6, 6.07) is 0. The van der Waals surface area contributed by atoms with E-state index in [1.165, 1.54) is 63.5 Å². The van der Waals surface area contributed by atoms with Gasteiger partial charge in [0.1, 0.15) is 0 Å². The molecule has 0 N–H and O–H groups in total. The van der Waals surface area contributed by atoms with E-state index >= 15 is 0 Å². The Morgan fingerprint density at radius 1 is 0.857 bits per heavy atom. The minimum Gasteiger partial charge on any atom is -0.501 e. The maximum absolute atomic E-state index is 5.36. The van der Waals surface area contributed by atoms with Crippen LogP contribution in [0.2, 0.25) is 0 Å². The molecule has 0 heterocycles. The van der Waals surface area contributed by atoms with Crippen molar-refractivity contribution in [3.63, 3.8) is 0 Å². The molecule has 0 atom stereocenters. The Morgan fingerprint density at radius 3 is 2.07 bits per heavy atom. The fraction of sp³-hybridized carbons (Fsp3) is 0.846. The highest BCUT2D eigenvalue weighted by Crippen LogP contribution is 2.16. The first-order valence-electron chi connectivity index (χ1n) is 6.16. The van der Waals surface area contributed by atoms with Gasteiger partial charge in [0.15, 0.2) is 0 Å². The van der Waals surface area contributed by atoms with Gasteiger partial charge in [-0.2, -0.15) is 0 Å². The van der Waals surface area contributed by atoms with Crippen LogP contribution in [-0.2, 0) is 4.74 Å². The summed E-state index contributed by atoms with van der Waals surface area (Å²) in [5, 5.41) is 0. The predicted molar refractivity (Wildman–Crippen MR) is 61.3 cm³/mol. The second-order valence-corrected chi connectivity index (χ2v) is 4.24. The molecular formula is C13H24O. The predicted octanol–water partition coefficient (Wildman–Crippen LogP) is 4.43. The summed E-state index contributed by atoms with van der Waals surface area (Å²) >= 11 is 0. The van der Waals surface area contributed by atoms with Crippen molar-refractivity contribution in [3.8, 4) is 0 Å². The topological polar surface area (TPSA) is 9.23 Å². The third-order valence-corrected chi connectivity index (χ3v) is 3.01. The molecule has 0 fully saturated rings. The SMILES string of the molecule is CO/C1=C/CCCCCCCCCC1. The summed E-state index contributed by atoms with van der Waals surface area (Å²) in [4.78, 5) is 0. The van der Waals surface area contributed by atoms with Crippen molar-refractivity contribution in [1.82, 2.24) is 0 Å². The van der Waals surface area contributed by atoms with Gasteiger partial charge in [0, 0.05) is 6.42 Å². The van der Waals surface area contributed by atoms with Gasteiger partial charge in [-0.05, 0) is 25.3 Å². The summed E-state index contributed by atoms with van der Waals surface area (Å²) in [5.74, 6) is 1.21. The van der Waals surface area contributed by atoms with Crippen LogP contribution < -0.4 is 0 Å². The molecule has 0 radical (unpaired) electrons. The Morgan fingerprint density at radius 2 is 1.43 bits per heavy atom. The van der Waals surface area contributed by atoms with E-state index in [9.17, 15) is 0 Å². The van der Waals surface area contributed by atoms with Crippen LogP contribution in [0.25, 0.3) is 0 Å². The lowest BCUT2D eigenvalue weighted by Gasteiger charge is -2.08. The second kappa shape index (κ2) is 7.90. The van der Waals surface area contributed by atoms with E-state index in [1.807, 2.05) is 0 Å². The normalized spacial score (nSPS) is 25.4. The third-order valence-electron chi connectivity index (χ3n) is 3.01. The van der Waals surface area contributed by atoms with E-state index in [0.717, 1.165) is 6.42 Å². The van der Waals surface area contributed by atoms with Crippen LogP contribution in [-0.4, -0.2) is 7.11 Å². The summed E-state index contributed by atoms with van der Waals surface area (Å²) < 4.78 is 5.36. The molecule has 0 aromatic rings. The Kier molecular flexibility index (Phi) is 6.55. The molecule has 0 saturated heterocycles. The molecule has 82 valence electrons. The molecule has 1 heteroatoms. The van der Waals surface area contributed by atoms with Crippen molar-refractivity contribution >= 4 is 0 Å². The standard InChI is InChI=1S/C13H24O/c1-14-13-11-9-7-5-3-2-4-6-8-10-12-13/h11H,2-10,12H2,1H3/b13-11+. The highest BCUT2D eigenvalue weighted by atomic mass is 16.5. The zero-order valence-corrected chi connectivity index (χ0v) is 9.56. The summed E-state index contributed by atoms with van der Waals surface area (Å²) in [6.45, 7) is 0. The van der Waals surface area contributed by atoms with E-state index in [2.05, 4.69) is 6.08 Å². The smallest absolute Gasteiger partial charge is 0.0915 e. The number of rotatable bonds is 1. The van der Waals surface area contributed by atoms with E-state index in [4.69, 9.17) is 4.74 Å². The fourth-order valence-corrected chi connectivity index (χ4v) is 2.05. The van der Waals surface area contributed by atoms with Crippen LogP contribution in [0.15, 0.2) is 11.8 Å². The molecule has 14 heavy (non-hydrogen) atoms. The fourth-order valence-electron chi connectivity index (χ4n) is 2.05. The number of allylic oxidation sites excluding steroid dienone is 2. The number of ether oxygens (including phenoxy) is 1. The van der Waals surface area contributed by atoms with Crippen LogP contribution in [0.4, 0.5) is 0 Å². The maximum Gasteiger partial charge on any atom is 0.0915 e. The van der Waals surface area contributed by atoms with Crippen LogP contribution in [0.3, 0.4) is 0 Å². The Bertz CT molecular complexity index is 161. The van der Waals surface area contributed by atoms with E-state index in [0.29, 0.717) is 0 Å². The molecule has 0 amide bonds. The molecule has 0 bridgehead atoms. The molecule has 0 aromatic heterocycles. The van der Waals surface area contributed by atoms with Gasteiger partial charge in [0.25, 0.3) is 0 Å². The van der Waals surface area contributed by atoms with Crippen LogP contribution in [0, 0.1) is 0 Å². The van der Waals surface area contributed by atoms with Crippen molar-refractivity contribution in [1.29, 1.82) is 0 Å². The highest BCUT2D eigenvalue weighted by molar-refractivity contribution is 4.92. The zero-order valence-electron chi connectivity index (χ0n) is 9.56. The molecule has 0 unspecified atom stereocenters. The monoisotopic (exact) mass is 196 g/mol.